The number of sulfonamides is 1. The maximum absolute atomic E-state index is 12.2. The van der Waals surface area contributed by atoms with Crippen LogP contribution in [0.4, 0.5) is 5.69 Å². The highest BCUT2D eigenvalue weighted by Gasteiger charge is 2.29. The monoisotopic (exact) mass is 296 g/mol. The highest BCUT2D eigenvalue weighted by Crippen LogP contribution is 2.30. The van der Waals surface area contributed by atoms with Gasteiger partial charge in [0.1, 0.15) is 0 Å². The Labute approximate surface area is 119 Å². The van der Waals surface area contributed by atoms with E-state index in [1.165, 1.54) is 12.1 Å². The molecule has 0 aromatic heterocycles. The van der Waals surface area contributed by atoms with Crippen molar-refractivity contribution < 1.29 is 13.2 Å². The highest BCUT2D eigenvalue weighted by atomic mass is 32.2. The van der Waals surface area contributed by atoms with Crippen LogP contribution in [-0.4, -0.2) is 19.9 Å². The van der Waals surface area contributed by atoms with Crippen LogP contribution in [0.15, 0.2) is 29.2 Å². The van der Waals surface area contributed by atoms with Gasteiger partial charge < -0.3 is 5.32 Å². The molecule has 5 nitrogen and oxygen atoms in total. The molecule has 6 heteroatoms. The molecule has 0 bridgehead atoms. The Kier molecular flexibility index (Phi) is 3.88. The van der Waals surface area contributed by atoms with Gasteiger partial charge in [0, 0.05) is 17.1 Å². The maximum Gasteiger partial charge on any atom is 0.241 e. The molecule has 1 fully saturated rings. The van der Waals surface area contributed by atoms with Crippen molar-refractivity contribution in [2.24, 2.45) is 5.92 Å². The number of carbonyl (C=O) groups excluding carboxylic acids is 1. The van der Waals surface area contributed by atoms with Crippen LogP contribution in [0.2, 0.25) is 0 Å². The number of amides is 1. The van der Waals surface area contributed by atoms with Crippen LogP contribution in [0.5, 0.6) is 0 Å². The van der Waals surface area contributed by atoms with Crippen LogP contribution < -0.4 is 10.0 Å². The fraction of sp³-hybridized carbons (Fsp3) is 0.500. The summed E-state index contributed by atoms with van der Waals surface area (Å²) in [5.74, 6) is 0.0475. The zero-order valence-electron chi connectivity index (χ0n) is 11.9. The highest BCUT2D eigenvalue weighted by molar-refractivity contribution is 7.89. The fourth-order valence-electron chi connectivity index (χ4n) is 1.79. The fourth-order valence-corrected chi connectivity index (χ4v) is 3.26. The lowest BCUT2D eigenvalue weighted by molar-refractivity contribution is -0.117. The Bertz CT molecular complexity index is 614. The number of rotatable bonds is 4. The summed E-state index contributed by atoms with van der Waals surface area (Å²) in [5, 5.41) is 2.75. The largest absolute Gasteiger partial charge is 0.326 e. The Hall–Kier alpha value is -1.40. The minimum absolute atomic E-state index is 0.0386. The second kappa shape index (κ2) is 5.18. The van der Waals surface area contributed by atoms with Crippen LogP contribution in [0.1, 0.15) is 33.6 Å². The molecule has 0 atom stereocenters. The summed E-state index contributed by atoms with van der Waals surface area (Å²) in [5.41, 5.74) is -0.0368. The lowest BCUT2D eigenvalue weighted by Gasteiger charge is -2.20. The van der Waals surface area contributed by atoms with Gasteiger partial charge >= 0.3 is 0 Å². The van der Waals surface area contributed by atoms with Crippen LogP contribution in [0.3, 0.4) is 0 Å². The van der Waals surface area contributed by atoms with E-state index >= 15 is 0 Å². The van der Waals surface area contributed by atoms with E-state index in [0.717, 1.165) is 12.8 Å². The van der Waals surface area contributed by atoms with E-state index in [2.05, 4.69) is 10.0 Å². The molecule has 20 heavy (non-hydrogen) atoms. The van der Waals surface area contributed by atoms with Gasteiger partial charge in [-0.25, -0.2) is 13.1 Å². The maximum atomic E-state index is 12.2. The average molecular weight is 296 g/mol. The first kappa shape index (κ1) is 15.0. The van der Waals surface area contributed by atoms with E-state index in [1.54, 1.807) is 32.9 Å². The van der Waals surface area contributed by atoms with Gasteiger partial charge in [0.2, 0.25) is 15.9 Å². The second-order valence-corrected chi connectivity index (χ2v) is 7.83. The summed E-state index contributed by atoms with van der Waals surface area (Å²) >= 11 is 0. The third kappa shape index (κ3) is 4.05. The molecule has 0 radical (unpaired) electrons. The standard InChI is InChI=1S/C14H20N2O3S/c1-14(2,3)16-20(18,19)12-6-4-5-11(9-12)15-13(17)10-7-8-10/h4-6,9-10,16H,7-8H2,1-3H3,(H,15,17). The average Bonchev–Trinajstić information content (AvgIpc) is 3.09. The molecule has 0 aliphatic heterocycles. The molecule has 0 heterocycles. The molecule has 1 aromatic rings. The molecule has 1 saturated carbocycles. The Morgan fingerprint density at radius 1 is 1.25 bits per heavy atom. The summed E-state index contributed by atoms with van der Waals surface area (Å²) in [4.78, 5) is 11.8. The van der Waals surface area contributed by atoms with Crippen molar-refractivity contribution in [1.82, 2.24) is 4.72 Å². The van der Waals surface area contributed by atoms with E-state index in [4.69, 9.17) is 0 Å². The third-order valence-corrected chi connectivity index (χ3v) is 4.56. The minimum Gasteiger partial charge on any atom is -0.326 e. The zero-order chi connectivity index (χ0) is 15.0. The number of anilines is 1. The van der Waals surface area contributed by atoms with Crippen molar-refractivity contribution >= 4 is 21.6 Å². The predicted octanol–water partition coefficient (Wildman–Crippen LogP) is 2.11. The van der Waals surface area contributed by atoms with Gasteiger partial charge in [-0.2, -0.15) is 0 Å². The molecule has 1 aromatic carbocycles. The van der Waals surface area contributed by atoms with Gasteiger partial charge in [-0.15, -0.1) is 0 Å². The number of hydrogen-bond acceptors (Lipinski definition) is 3. The van der Waals surface area contributed by atoms with Gasteiger partial charge in [0.05, 0.1) is 4.90 Å². The quantitative estimate of drug-likeness (QED) is 0.893. The molecule has 0 saturated heterocycles. The lowest BCUT2D eigenvalue weighted by atomic mass is 10.1. The van der Waals surface area contributed by atoms with Crippen molar-refractivity contribution in [3.8, 4) is 0 Å². The van der Waals surface area contributed by atoms with Crippen molar-refractivity contribution in [2.45, 2.75) is 44.0 Å². The Morgan fingerprint density at radius 2 is 1.90 bits per heavy atom. The van der Waals surface area contributed by atoms with E-state index in [1.807, 2.05) is 0 Å². The minimum atomic E-state index is -3.58. The number of nitrogens with one attached hydrogen (secondary N) is 2. The van der Waals surface area contributed by atoms with Gasteiger partial charge in [0.25, 0.3) is 0 Å². The van der Waals surface area contributed by atoms with E-state index in [9.17, 15) is 13.2 Å². The molecule has 2 rings (SSSR count). The lowest BCUT2D eigenvalue weighted by Crippen LogP contribution is -2.40. The number of hydrogen-bond donors (Lipinski definition) is 2. The van der Waals surface area contributed by atoms with Crippen molar-refractivity contribution in [3.63, 3.8) is 0 Å². The molecular formula is C14H20N2O3S. The summed E-state index contributed by atoms with van der Waals surface area (Å²) in [6, 6.07) is 6.31. The zero-order valence-corrected chi connectivity index (χ0v) is 12.8. The normalized spacial score (nSPS) is 15.9. The van der Waals surface area contributed by atoms with Gasteiger partial charge in [-0.3, -0.25) is 4.79 Å². The molecule has 1 aliphatic carbocycles. The van der Waals surface area contributed by atoms with E-state index < -0.39 is 15.6 Å². The molecule has 110 valence electrons. The smallest absolute Gasteiger partial charge is 0.241 e. The Balaban J connectivity index is 2.18. The Morgan fingerprint density at radius 3 is 2.45 bits per heavy atom. The molecule has 0 spiro atoms. The second-order valence-electron chi connectivity index (χ2n) is 6.15. The molecule has 0 unspecified atom stereocenters. The first-order chi connectivity index (χ1) is 9.17. The summed E-state index contributed by atoms with van der Waals surface area (Å²) in [6.45, 7) is 5.34. The molecule has 1 aliphatic rings. The number of benzene rings is 1. The van der Waals surface area contributed by atoms with Crippen molar-refractivity contribution in [1.29, 1.82) is 0 Å². The van der Waals surface area contributed by atoms with Crippen LogP contribution >= 0.6 is 0 Å². The summed E-state index contributed by atoms with van der Waals surface area (Å²) in [7, 11) is -3.58. The van der Waals surface area contributed by atoms with Crippen LogP contribution in [0.25, 0.3) is 0 Å². The molecule has 2 N–H and O–H groups in total. The van der Waals surface area contributed by atoms with E-state index in [0.29, 0.717) is 5.69 Å². The van der Waals surface area contributed by atoms with Crippen LogP contribution in [-0.2, 0) is 14.8 Å². The number of carbonyl (C=O) groups is 1. The van der Waals surface area contributed by atoms with Crippen molar-refractivity contribution in [2.75, 3.05) is 5.32 Å². The molecular weight excluding hydrogens is 276 g/mol. The van der Waals surface area contributed by atoms with Crippen LogP contribution in [0, 0.1) is 5.92 Å². The third-order valence-electron chi connectivity index (χ3n) is 2.80. The first-order valence-electron chi connectivity index (χ1n) is 6.62. The topological polar surface area (TPSA) is 75.3 Å². The van der Waals surface area contributed by atoms with Gasteiger partial charge in [-0.05, 0) is 51.8 Å². The van der Waals surface area contributed by atoms with Gasteiger partial charge in [-0.1, -0.05) is 6.07 Å². The van der Waals surface area contributed by atoms with Gasteiger partial charge in [0.15, 0.2) is 0 Å². The first-order valence-corrected chi connectivity index (χ1v) is 8.11. The van der Waals surface area contributed by atoms with Crippen molar-refractivity contribution in [3.05, 3.63) is 24.3 Å². The SMILES string of the molecule is CC(C)(C)NS(=O)(=O)c1cccc(NC(=O)C2CC2)c1. The summed E-state index contributed by atoms with van der Waals surface area (Å²) in [6.07, 6.45) is 1.82. The predicted molar refractivity (Wildman–Crippen MR) is 77.9 cm³/mol. The summed E-state index contributed by atoms with van der Waals surface area (Å²) < 4.78 is 27.0. The molecule has 1 amide bonds. The van der Waals surface area contributed by atoms with E-state index in [-0.39, 0.29) is 16.7 Å².